The van der Waals surface area contributed by atoms with E-state index in [1.165, 1.54) is 23.3 Å². The molecular formula is C16H17BrFN. The van der Waals surface area contributed by atoms with Gasteiger partial charge in [0.15, 0.2) is 0 Å². The largest absolute Gasteiger partial charge is 0.313 e. The number of benzene rings is 2. The van der Waals surface area contributed by atoms with Crippen molar-refractivity contribution in [2.45, 2.75) is 19.4 Å². The second-order valence-corrected chi connectivity index (χ2v) is 5.55. The van der Waals surface area contributed by atoms with E-state index in [-0.39, 0.29) is 11.9 Å². The van der Waals surface area contributed by atoms with Crippen molar-refractivity contribution in [3.8, 4) is 0 Å². The molecule has 0 saturated carbocycles. The van der Waals surface area contributed by atoms with Crippen LogP contribution in [0.3, 0.4) is 0 Å². The summed E-state index contributed by atoms with van der Waals surface area (Å²) < 4.78 is 14.0. The highest BCUT2D eigenvalue weighted by Gasteiger charge is 2.13. The summed E-state index contributed by atoms with van der Waals surface area (Å²) in [4.78, 5) is 0. The van der Waals surface area contributed by atoms with E-state index in [4.69, 9.17) is 0 Å². The number of likely N-dealkylation sites (N-methyl/N-ethyl adjacent to an activating group) is 1. The van der Waals surface area contributed by atoms with E-state index in [1.54, 1.807) is 0 Å². The van der Waals surface area contributed by atoms with Crippen molar-refractivity contribution in [2.24, 2.45) is 0 Å². The molecule has 0 bridgehead atoms. The number of aryl methyl sites for hydroxylation is 1. The highest BCUT2D eigenvalue weighted by Crippen LogP contribution is 2.27. The van der Waals surface area contributed by atoms with Gasteiger partial charge in [-0.25, -0.2) is 4.39 Å². The van der Waals surface area contributed by atoms with Gasteiger partial charge in [-0.3, -0.25) is 0 Å². The lowest BCUT2D eigenvalue weighted by Crippen LogP contribution is -2.19. The van der Waals surface area contributed by atoms with Crippen LogP contribution in [0.5, 0.6) is 0 Å². The molecule has 0 aromatic heterocycles. The Labute approximate surface area is 122 Å². The van der Waals surface area contributed by atoms with E-state index in [9.17, 15) is 4.39 Å². The number of halogens is 2. The Kier molecular flexibility index (Phi) is 4.72. The second kappa shape index (κ2) is 6.31. The fourth-order valence-corrected chi connectivity index (χ4v) is 2.68. The average molecular weight is 322 g/mol. The molecular weight excluding hydrogens is 305 g/mol. The van der Waals surface area contributed by atoms with E-state index >= 15 is 0 Å². The first-order valence-corrected chi connectivity index (χ1v) is 7.07. The van der Waals surface area contributed by atoms with Crippen LogP contribution in [0.4, 0.5) is 4.39 Å². The highest BCUT2D eigenvalue weighted by atomic mass is 79.9. The molecule has 0 fully saturated rings. The van der Waals surface area contributed by atoms with Crippen LogP contribution in [0, 0.1) is 12.7 Å². The molecule has 0 amide bonds. The standard InChI is InChI=1S/C16H17BrFN/c1-11-3-8-15(17)14(9-11)16(19-2)10-12-4-6-13(18)7-5-12/h3-9,16,19H,10H2,1-2H3. The first kappa shape index (κ1) is 14.2. The predicted molar refractivity (Wildman–Crippen MR) is 80.8 cm³/mol. The van der Waals surface area contributed by atoms with Crippen molar-refractivity contribution in [1.82, 2.24) is 5.32 Å². The van der Waals surface area contributed by atoms with E-state index in [0.717, 1.165) is 16.5 Å². The zero-order valence-corrected chi connectivity index (χ0v) is 12.7. The van der Waals surface area contributed by atoms with Crippen LogP contribution in [-0.4, -0.2) is 7.05 Å². The Bertz CT molecular complexity index is 551. The third-order valence-electron chi connectivity index (χ3n) is 3.23. The van der Waals surface area contributed by atoms with Crippen molar-refractivity contribution >= 4 is 15.9 Å². The summed E-state index contributed by atoms with van der Waals surface area (Å²) in [7, 11) is 1.95. The normalized spacial score (nSPS) is 12.4. The van der Waals surface area contributed by atoms with E-state index in [2.05, 4.69) is 46.4 Å². The smallest absolute Gasteiger partial charge is 0.123 e. The fourth-order valence-electron chi connectivity index (χ4n) is 2.15. The molecule has 0 aliphatic heterocycles. The lowest BCUT2D eigenvalue weighted by atomic mass is 9.98. The van der Waals surface area contributed by atoms with E-state index in [0.29, 0.717) is 0 Å². The number of rotatable bonds is 4. The van der Waals surface area contributed by atoms with Crippen molar-refractivity contribution in [3.63, 3.8) is 0 Å². The predicted octanol–water partition coefficient (Wildman–Crippen LogP) is 4.40. The van der Waals surface area contributed by atoms with Crippen molar-refractivity contribution < 1.29 is 4.39 Å². The van der Waals surface area contributed by atoms with Crippen LogP contribution in [0.15, 0.2) is 46.9 Å². The van der Waals surface area contributed by atoms with Gasteiger partial charge in [-0.1, -0.05) is 45.8 Å². The Balaban J connectivity index is 2.24. The summed E-state index contributed by atoms with van der Waals surface area (Å²) in [6.45, 7) is 2.08. The molecule has 1 atom stereocenters. The molecule has 1 N–H and O–H groups in total. The number of nitrogens with one attached hydrogen (secondary N) is 1. The van der Waals surface area contributed by atoms with E-state index < -0.39 is 0 Å². The monoisotopic (exact) mass is 321 g/mol. The summed E-state index contributed by atoms with van der Waals surface area (Å²) in [5, 5.41) is 3.33. The Hall–Kier alpha value is -1.19. The Morgan fingerprint density at radius 2 is 1.84 bits per heavy atom. The Morgan fingerprint density at radius 1 is 1.16 bits per heavy atom. The third kappa shape index (κ3) is 3.64. The van der Waals surface area contributed by atoms with Crippen LogP contribution >= 0.6 is 15.9 Å². The second-order valence-electron chi connectivity index (χ2n) is 4.70. The van der Waals surface area contributed by atoms with Gasteiger partial charge in [-0.15, -0.1) is 0 Å². The van der Waals surface area contributed by atoms with Crippen molar-refractivity contribution in [3.05, 3.63) is 69.4 Å². The quantitative estimate of drug-likeness (QED) is 0.880. The van der Waals surface area contributed by atoms with Gasteiger partial charge in [-0.2, -0.15) is 0 Å². The topological polar surface area (TPSA) is 12.0 Å². The van der Waals surface area contributed by atoms with Gasteiger partial charge in [-0.05, 0) is 49.7 Å². The zero-order chi connectivity index (χ0) is 13.8. The molecule has 3 heteroatoms. The molecule has 0 spiro atoms. The summed E-state index contributed by atoms with van der Waals surface area (Å²) in [5.74, 6) is -0.193. The van der Waals surface area contributed by atoms with Crippen LogP contribution in [0.25, 0.3) is 0 Å². The molecule has 0 aliphatic carbocycles. The molecule has 1 unspecified atom stereocenters. The first-order valence-electron chi connectivity index (χ1n) is 6.28. The highest BCUT2D eigenvalue weighted by molar-refractivity contribution is 9.10. The minimum Gasteiger partial charge on any atom is -0.313 e. The molecule has 0 radical (unpaired) electrons. The fraction of sp³-hybridized carbons (Fsp3) is 0.250. The van der Waals surface area contributed by atoms with E-state index in [1.807, 2.05) is 19.2 Å². The maximum atomic E-state index is 12.9. The maximum Gasteiger partial charge on any atom is 0.123 e. The van der Waals surface area contributed by atoms with Crippen LogP contribution in [-0.2, 0) is 6.42 Å². The van der Waals surface area contributed by atoms with Crippen LogP contribution in [0.1, 0.15) is 22.7 Å². The van der Waals surface area contributed by atoms with Gasteiger partial charge in [0, 0.05) is 10.5 Å². The van der Waals surface area contributed by atoms with Gasteiger partial charge in [0.1, 0.15) is 5.82 Å². The summed E-state index contributed by atoms with van der Waals surface area (Å²) in [5.41, 5.74) is 3.58. The molecule has 2 aromatic rings. The van der Waals surface area contributed by atoms with Gasteiger partial charge in [0.25, 0.3) is 0 Å². The summed E-state index contributed by atoms with van der Waals surface area (Å²) in [6, 6.07) is 13.2. The molecule has 2 aromatic carbocycles. The SMILES string of the molecule is CNC(Cc1ccc(F)cc1)c1cc(C)ccc1Br. The minimum absolute atomic E-state index is 0.193. The zero-order valence-electron chi connectivity index (χ0n) is 11.1. The summed E-state index contributed by atoms with van der Waals surface area (Å²) >= 11 is 3.60. The minimum atomic E-state index is -0.193. The maximum absolute atomic E-state index is 12.9. The van der Waals surface area contributed by atoms with Gasteiger partial charge in [0.05, 0.1) is 0 Å². The molecule has 1 nitrogen and oxygen atoms in total. The molecule has 0 saturated heterocycles. The average Bonchev–Trinajstić information content (AvgIpc) is 2.41. The number of hydrogen-bond acceptors (Lipinski definition) is 1. The molecule has 2 rings (SSSR count). The van der Waals surface area contributed by atoms with Crippen LogP contribution < -0.4 is 5.32 Å². The van der Waals surface area contributed by atoms with Crippen LogP contribution in [0.2, 0.25) is 0 Å². The lowest BCUT2D eigenvalue weighted by Gasteiger charge is -2.19. The van der Waals surface area contributed by atoms with Gasteiger partial charge in [0.2, 0.25) is 0 Å². The van der Waals surface area contributed by atoms with Gasteiger partial charge < -0.3 is 5.32 Å². The molecule has 0 aliphatic rings. The Morgan fingerprint density at radius 3 is 2.47 bits per heavy atom. The van der Waals surface area contributed by atoms with Gasteiger partial charge >= 0.3 is 0 Å². The molecule has 100 valence electrons. The van der Waals surface area contributed by atoms with Crippen molar-refractivity contribution in [2.75, 3.05) is 7.05 Å². The third-order valence-corrected chi connectivity index (χ3v) is 3.95. The van der Waals surface area contributed by atoms with Crippen molar-refractivity contribution in [1.29, 1.82) is 0 Å². The molecule has 19 heavy (non-hydrogen) atoms. The summed E-state index contributed by atoms with van der Waals surface area (Å²) in [6.07, 6.45) is 0.832. The lowest BCUT2D eigenvalue weighted by molar-refractivity contribution is 0.586. The first-order chi connectivity index (χ1) is 9.10. The number of hydrogen-bond donors (Lipinski definition) is 1. The molecule has 0 heterocycles.